The van der Waals surface area contributed by atoms with Gasteiger partial charge < -0.3 is 10.6 Å². The summed E-state index contributed by atoms with van der Waals surface area (Å²) in [5.74, 6) is 0.113. The van der Waals surface area contributed by atoms with Crippen molar-refractivity contribution < 1.29 is 9.18 Å². The van der Waals surface area contributed by atoms with Crippen molar-refractivity contribution in [2.24, 2.45) is 5.92 Å². The molecule has 0 spiro atoms. The summed E-state index contributed by atoms with van der Waals surface area (Å²) < 4.78 is 13.1. The Morgan fingerprint density at radius 3 is 2.94 bits per heavy atom. The van der Waals surface area contributed by atoms with Gasteiger partial charge in [0.2, 0.25) is 0 Å². The largest absolute Gasteiger partial charge is 0.352 e. The molecule has 1 unspecified atom stereocenters. The molecule has 1 saturated heterocycles. The predicted molar refractivity (Wildman–Crippen MR) is 71.7 cm³/mol. The lowest BCUT2D eigenvalue weighted by atomic mass is 10.1. The van der Waals surface area contributed by atoms with Crippen LogP contribution in [0.4, 0.5) is 4.39 Å². The molecule has 100 valence electrons. The van der Waals surface area contributed by atoms with Crippen LogP contribution in [0.15, 0.2) is 18.2 Å². The smallest absolute Gasteiger partial charge is 0.251 e. The first-order valence-corrected chi connectivity index (χ1v) is 5.92. The average Bonchev–Trinajstić information content (AvgIpc) is 2.82. The summed E-state index contributed by atoms with van der Waals surface area (Å²) in [6.45, 7) is 4.33. The summed E-state index contributed by atoms with van der Waals surface area (Å²) in [7, 11) is 0. The predicted octanol–water partition coefficient (Wildman–Crippen LogP) is 1.90. The molecule has 2 rings (SSSR count). The molecular weight excluding hydrogens is 255 g/mol. The number of carbonyl (C=O) groups is 1. The van der Waals surface area contributed by atoms with Crippen molar-refractivity contribution in [3.05, 3.63) is 35.1 Å². The second-order valence-corrected chi connectivity index (χ2v) is 4.53. The number of carbonyl (C=O) groups excluding carboxylic acids is 1. The van der Waals surface area contributed by atoms with Crippen molar-refractivity contribution >= 4 is 18.3 Å². The fraction of sp³-hybridized carbons (Fsp3) is 0.462. The van der Waals surface area contributed by atoms with Crippen LogP contribution in [0.25, 0.3) is 0 Å². The van der Waals surface area contributed by atoms with Crippen molar-refractivity contribution in [1.82, 2.24) is 10.6 Å². The van der Waals surface area contributed by atoms with E-state index in [1.807, 2.05) is 0 Å². The maximum atomic E-state index is 13.1. The number of benzene rings is 1. The number of amides is 1. The van der Waals surface area contributed by atoms with Gasteiger partial charge in [0, 0.05) is 12.1 Å². The summed E-state index contributed by atoms with van der Waals surface area (Å²) in [6, 6.07) is 4.43. The zero-order valence-corrected chi connectivity index (χ0v) is 11.1. The van der Waals surface area contributed by atoms with Crippen molar-refractivity contribution in [1.29, 1.82) is 0 Å². The molecule has 5 heteroatoms. The molecule has 3 nitrogen and oxygen atoms in total. The SMILES string of the molecule is Cc1cc(C(=O)NCC2CCNC2)ccc1F.Cl. The molecular formula is C13H18ClFN2O. The van der Waals surface area contributed by atoms with Crippen LogP contribution >= 0.6 is 12.4 Å². The molecule has 0 radical (unpaired) electrons. The van der Waals surface area contributed by atoms with E-state index in [4.69, 9.17) is 0 Å². The molecule has 0 bridgehead atoms. The van der Waals surface area contributed by atoms with Crippen LogP contribution in [0.3, 0.4) is 0 Å². The van der Waals surface area contributed by atoms with E-state index < -0.39 is 0 Å². The first-order chi connectivity index (χ1) is 8.16. The number of hydrogen-bond donors (Lipinski definition) is 2. The Hall–Kier alpha value is -1.13. The fourth-order valence-corrected chi connectivity index (χ4v) is 2.01. The lowest BCUT2D eigenvalue weighted by Crippen LogP contribution is -2.30. The summed E-state index contributed by atoms with van der Waals surface area (Å²) in [4.78, 5) is 11.8. The molecule has 0 saturated carbocycles. The van der Waals surface area contributed by atoms with E-state index in [2.05, 4.69) is 10.6 Å². The van der Waals surface area contributed by atoms with Crippen LogP contribution in [0.2, 0.25) is 0 Å². The number of aryl methyl sites for hydroxylation is 1. The molecule has 1 amide bonds. The van der Waals surface area contributed by atoms with Crippen LogP contribution < -0.4 is 10.6 Å². The molecule has 1 aromatic rings. The normalized spacial score (nSPS) is 18.2. The maximum absolute atomic E-state index is 13.1. The zero-order valence-electron chi connectivity index (χ0n) is 10.3. The summed E-state index contributed by atoms with van der Waals surface area (Å²) in [5.41, 5.74) is 1.02. The van der Waals surface area contributed by atoms with E-state index >= 15 is 0 Å². The Labute approximate surface area is 113 Å². The molecule has 0 aromatic heterocycles. The second-order valence-electron chi connectivity index (χ2n) is 4.53. The molecule has 1 aliphatic heterocycles. The van der Waals surface area contributed by atoms with Gasteiger partial charge in [-0.3, -0.25) is 4.79 Å². The van der Waals surface area contributed by atoms with Gasteiger partial charge in [-0.25, -0.2) is 4.39 Å². The molecule has 1 fully saturated rings. The minimum absolute atomic E-state index is 0. The molecule has 1 aliphatic rings. The molecule has 1 aromatic carbocycles. The van der Waals surface area contributed by atoms with Crippen LogP contribution in [-0.2, 0) is 0 Å². The summed E-state index contributed by atoms with van der Waals surface area (Å²) in [5, 5.41) is 6.14. The highest BCUT2D eigenvalue weighted by molar-refractivity contribution is 5.94. The van der Waals surface area contributed by atoms with Crippen molar-refractivity contribution in [3.63, 3.8) is 0 Å². The van der Waals surface area contributed by atoms with Gasteiger partial charge in [-0.05, 0) is 56.1 Å². The quantitative estimate of drug-likeness (QED) is 0.882. The van der Waals surface area contributed by atoms with Crippen molar-refractivity contribution in [3.8, 4) is 0 Å². The van der Waals surface area contributed by atoms with Crippen molar-refractivity contribution in [2.75, 3.05) is 19.6 Å². The topological polar surface area (TPSA) is 41.1 Å². The average molecular weight is 273 g/mol. The molecule has 1 heterocycles. The van der Waals surface area contributed by atoms with E-state index in [1.165, 1.54) is 12.1 Å². The third kappa shape index (κ3) is 3.68. The first kappa shape index (κ1) is 14.9. The second kappa shape index (κ2) is 6.71. The van der Waals surface area contributed by atoms with Crippen molar-refractivity contribution in [2.45, 2.75) is 13.3 Å². The van der Waals surface area contributed by atoms with E-state index in [1.54, 1.807) is 13.0 Å². The van der Waals surface area contributed by atoms with E-state index in [9.17, 15) is 9.18 Å². The molecule has 18 heavy (non-hydrogen) atoms. The van der Waals surface area contributed by atoms with Crippen LogP contribution in [-0.4, -0.2) is 25.5 Å². The van der Waals surface area contributed by atoms with Gasteiger partial charge in [0.05, 0.1) is 0 Å². The Kier molecular flexibility index (Phi) is 5.56. The molecule has 1 atom stereocenters. The zero-order chi connectivity index (χ0) is 12.3. The van der Waals surface area contributed by atoms with Gasteiger partial charge in [0.1, 0.15) is 5.82 Å². The fourth-order valence-electron chi connectivity index (χ4n) is 2.01. The van der Waals surface area contributed by atoms with Gasteiger partial charge in [0.25, 0.3) is 5.91 Å². The van der Waals surface area contributed by atoms with Gasteiger partial charge in [-0.1, -0.05) is 0 Å². The number of rotatable bonds is 3. The standard InChI is InChI=1S/C13H17FN2O.ClH/c1-9-6-11(2-3-12(9)14)13(17)16-8-10-4-5-15-7-10;/h2-3,6,10,15H,4-5,7-8H2,1H3,(H,16,17);1H. The van der Waals surface area contributed by atoms with E-state index in [0.717, 1.165) is 19.5 Å². The first-order valence-electron chi connectivity index (χ1n) is 5.92. The number of hydrogen-bond acceptors (Lipinski definition) is 2. The van der Waals surface area contributed by atoms with E-state index in [0.29, 0.717) is 23.6 Å². The lowest BCUT2D eigenvalue weighted by molar-refractivity contribution is 0.0948. The summed E-state index contributed by atoms with van der Waals surface area (Å²) >= 11 is 0. The third-order valence-corrected chi connectivity index (χ3v) is 3.13. The van der Waals surface area contributed by atoms with Crippen LogP contribution in [0.5, 0.6) is 0 Å². The van der Waals surface area contributed by atoms with E-state index in [-0.39, 0.29) is 24.1 Å². The van der Waals surface area contributed by atoms with Gasteiger partial charge >= 0.3 is 0 Å². The Morgan fingerprint density at radius 2 is 2.33 bits per heavy atom. The highest BCUT2D eigenvalue weighted by atomic mass is 35.5. The Morgan fingerprint density at radius 1 is 1.56 bits per heavy atom. The highest BCUT2D eigenvalue weighted by Gasteiger charge is 2.15. The van der Waals surface area contributed by atoms with Gasteiger partial charge in [-0.2, -0.15) is 0 Å². The highest BCUT2D eigenvalue weighted by Crippen LogP contribution is 2.10. The third-order valence-electron chi connectivity index (χ3n) is 3.13. The minimum Gasteiger partial charge on any atom is -0.352 e. The summed E-state index contributed by atoms with van der Waals surface area (Å²) in [6.07, 6.45) is 1.10. The number of halogens is 2. The van der Waals surface area contributed by atoms with Gasteiger partial charge in [-0.15, -0.1) is 12.4 Å². The van der Waals surface area contributed by atoms with Gasteiger partial charge in [0.15, 0.2) is 0 Å². The minimum atomic E-state index is -0.276. The molecule has 0 aliphatic carbocycles. The monoisotopic (exact) mass is 272 g/mol. The lowest BCUT2D eigenvalue weighted by Gasteiger charge is -2.10. The maximum Gasteiger partial charge on any atom is 0.251 e. The van der Waals surface area contributed by atoms with Crippen LogP contribution in [0.1, 0.15) is 22.3 Å². The Bertz CT molecular complexity index is 419. The van der Waals surface area contributed by atoms with Crippen LogP contribution in [0, 0.1) is 18.7 Å². The molecule has 2 N–H and O–H groups in total. The number of nitrogens with one attached hydrogen (secondary N) is 2. The Balaban J connectivity index is 0.00000162.